The molecular formula is C13H24N4O. The maximum atomic E-state index is 6.06. The van der Waals surface area contributed by atoms with Crippen molar-refractivity contribution in [2.45, 2.75) is 39.7 Å². The van der Waals surface area contributed by atoms with Gasteiger partial charge in [0, 0.05) is 26.8 Å². The zero-order valence-corrected chi connectivity index (χ0v) is 11.6. The van der Waals surface area contributed by atoms with Gasteiger partial charge < -0.3 is 15.8 Å². The van der Waals surface area contributed by atoms with Crippen LogP contribution in [-0.2, 0) is 11.3 Å². The van der Waals surface area contributed by atoms with Crippen LogP contribution >= 0.6 is 0 Å². The third-order valence-corrected chi connectivity index (χ3v) is 3.90. The minimum Gasteiger partial charge on any atom is -0.394 e. The van der Waals surface area contributed by atoms with Gasteiger partial charge in [0.2, 0.25) is 0 Å². The van der Waals surface area contributed by atoms with Gasteiger partial charge in [0.15, 0.2) is 0 Å². The quantitative estimate of drug-likeness (QED) is 0.779. The largest absolute Gasteiger partial charge is 0.394 e. The van der Waals surface area contributed by atoms with E-state index in [-0.39, 0.29) is 0 Å². The topological polar surface area (TPSA) is 65.1 Å². The molecular weight excluding hydrogens is 228 g/mol. The SMILES string of the molecule is CCn1nc(C)c(N)c1NCC1(CCOC)CC1. The smallest absolute Gasteiger partial charge is 0.148 e. The van der Waals surface area contributed by atoms with Gasteiger partial charge >= 0.3 is 0 Å². The van der Waals surface area contributed by atoms with E-state index < -0.39 is 0 Å². The molecule has 1 aromatic heterocycles. The van der Waals surface area contributed by atoms with Crippen LogP contribution in [0.3, 0.4) is 0 Å². The van der Waals surface area contributed by atoms with Gasteiger partial charge in [0.05, 0.1) is 11.4 Å². The molecule has 1 saturated carbocycles. The second-order valence-electron chi connectivity index (χ2n) is 5.26. The van der Waals surface area contributed by atoms with E-state index in [2.05, 4.69) is 17.3 Å². The molecule has 1 aliphatic carbocycles. The van der Waals surface area contributed by atoms with Crippen LogP contribution in [0.15, 0.2) is 0 Å². The average molecular weight is 252 g/mol. The highest BCUT2D eigenvalue weighted by Gasteiger charge is 2.42. The molecule has 0 spiro atoms. The lowest BCUT2D eigenvalue weighted by molar-refractivity contribution is 0.175. The van der Waals surface area contributed by atoms with Crippen LogP contribution in [-0.4, -0.2) is 30.0 Å². The molecule has 1 heterocycles. The molecule has 102 valence electrons. The Morgan fingerprint density at radius 3 is 2.78 bits per heavy atom. The minimum atomic E-state index is 0.416. The van der Waals surface area contributed by atoms with Gasteiger partial charge in [0.1, 0.15) is 5.82 Å². The van der Waals surface area contributed by atoms with Gasteiger partial charge in [0.25, 0.3) is 0 Å². The monoisotopic (exact) mass is 252 g/mol. The Labute approximate surface area is 109 Å². The third kappa shape index (κ3) is 2.61. The van der Waals surface area contributed by atoms with E-state index in [0.29, 0.717) is 5.41 Å². The van der Waals surface area contributed by atoms with Crippen molar-refractivity contribution in [1.29, 1.82) is 0 Å². The molecule has 0 aliphatic heterocycles. The lowest BCUT2D eigenvalue weighted by atomic mass is 10.0. The van der Waals surface area contributed by atoms with Crippen LogP contribution in [0.2, 0.25) is 0 Å². The molecule has 0 aromatic carbocycles. The summed E-state index contributed by atoms with van der Waals surface area (Å²) < 4.78 is 7.11. The first-order valence-corrected chi connectivity index (χ1v) is 6.67. The minimum absolute atomic E-state index is 0.416. The number of rotatable bonds is 7. The normalized spacial score (nSPS) is 16.8. The van der Waals surface area contributed by atoms with E-state index in [1.165, 1.54) is 12.8 Å². The van der Waals surface area contributed by atoms with Crippen LogP contribution < -0.4 is 11.1 Å². The molecule has 0 unspecified atom stereocenters. The van der Waals surface area contributed by atoms with E-state index in [9.17, 15) is 0 Å². The van der Waals surface area contributed by atoms with Gasteiger partial charge in [-0.15, -0.1) is 0 Å². The van der Waals surface area contributed by atoms with Crippen LogP contribution in [0.25, 0.3) is 0 Å². The molecule has 18 heavy (non-hydrogen) atoms. The highest BCUT2D eigenvalue weighted by Crippen LogP contribution is 2.48. The fourth-order valence-electron chi connectivity index (χ4n) is 2.29. The first-order chi connectivity index (χ1) is 8.62. The molecule has 0 radical (unpaired) electrons. The number of hydrogen-bond acceptors (Lipinski definition) is 4. The molecule has 1 aromatic rings. The summed E-state index contributed by atoms with van der Waals surface area (Å²) in [7, 11) is 1.76. The Bertz CT molecular complexity index is 409. The van der Waals surface area contributed by atoms with E-state index in [0.717, 1.165) is 43.3 Å². The van der Waals surface area contributed by atoms with E-state index in [4.69, 9.17) is 10.5 Å². The van der Waals surface area contributed by atoms with Gasteiger partial charge in [-0.3, -0.25) is 0 Å². The summed E-state index contributed by atoms with van der Waals surface area (Å²) in [5.74, 6) is 0.971. The summed E-state index contributed by atoms with van der Waals surface area (Å²) in [5, 5.41) is 7.90. The molecule has 0 bridgehead atoms. The second-order valence-corrected chi connectivity index (χ2v) is 5.26. The van der Waals surface area contributed by atoms with Crippen molar-refractivity contribution >= 4 is 11.5 Å². The molecule has 0 amide bonds. The molecule has 0 atom stereocenters. The third-order valence-electron chi connectivity index (χ3n) is 3.90. The first-order valence-electron chi connectivity index (χ1n) is 6.67. The van der Waals surface area contributed by atoms with Gasteiger partial charge in [-0.05, 0) is 38.5 Å². The van der Waals surface area contributed by atoms with Gasteiger partial charge in [-0.1, -0.05) is 0 Å². The van der Waals surface area contributed by atoms with Crippen molar-refractivity contribution < 1.29 is 4.74 Å². The van der Waals surface area contributed by atoms with Crippen LogP contribution in [0.4, 0.5) is 11.5 Å². The number of hydrogen-bond donors (Lipinski definition) is 2. The van der Waals surface area contributed by atoms with Crippen molar-refractivity contribution in [2.24, 2.45) is 5.41 Å². The molecule has 2 rings (SSSR count). The summed E-state index contributed by atoms with van der Waals surface area (Å²) in [5.41, 5.74) is 8.16. The Morgan fingerprint density at radius 1 is 1.50 bits per heavy atom. The molecule has 1 fully saturated rings. The van der Waals surface area contributed by atoms with Crippen molar-refractivity contribution in [3.63, 3.8) is 0 Å². The number of nitrogen functional groups attached to an aromatic ring is 1. The van der Waals surface area contributed by atoms with Gasteiger partial charge in [-0.2, -0.15) is 5.10 Å². The molecule has 5 heteroatoms. The number of anilines is 2. The van der Waals surface area contributed by atoms with Crippen molar-refractivity contribution in [2.75, 3.05) is 31.3 Å². The van der Waals surface area contributed by atoms with Crippen molar-refractivity contribution in [3.05, 3.63) is 5.69 Å². The maximum Gasteiger partial charge on any atom is 0.148 e. The number of nitrogens with two attached hydrogens (primary N) is 1. The number of aryl methyl sites for hydroxylation is 2. The zero-order valence-electron chi connectivity index (χ0n) is 11.6. The van der Waals surface area contributed by atoms with E-state index in [1.54, 1.807) is 7.11 Å². The van der Waals surface area contributed by atoms with Gasteiger partial charge in [-0.25, -0.2) is 4.68 Å². The summed E-state index contributed by atoms with van der Waals surface area (Å²) in [4.78, 5) is 0. The molecule has 0 saturated heterocycles. The zero-order chi connectivity index (χ0) is 13.2. The Balaban J connectivity index is 1.98. The molecule has 1 aliphatic rings. The summed E-state index contributed by atoms with van der Waals surface area (Å²) >= 11 is 0. The fourth-order valence-corrected chi connectivity index (χ4v) is 2.29. The van der Waals surface area contributed by atoms with Crippen molar-refractivity contribution in [1.82, 2.24) is 9.78 Å². The number of nitrogens with one attached hydrogen (secondary N) is 1. The lowest BCUT2D eigenvalue weighted by Gasteiger charge is -2.17. The standard InChI is InChI=1S/C13H24N4O/c1-4-17-12(11(14)10(2)16-17)15-9-13(5-6-13)7-8-18-3/h15H,4-9,14H2,1-3H3. The Kier molecular flexibility index (Phi) is 3.80. The van der Waals surface area contributed by atoms with E-state index >= 15 is 0 Å². The summed E-state index contributed by atoms with van der Waals surface area (Å²) in [6, 6.07) is 0. The highest BCUT2D eigenvalue weighted by molar-refractivity contribution is 5.64. The van der Waals surface area contributed by atoms with Crippen molar-refractivity contribution in [3.8, 4) is 0 Å². The maximum absolute atomic E-state index is 6.06. The first kappa shape index (κ1) is 13.2. The Morgan fingerprint density at radius 2 is 2.22 bits per heavy atom. The molecule has 5 nitrogen and oxygen atoms in total. The Hall–Kier alpha value is -1.23. The lowest BCUT2D eigenvalue weighted by Crippen LogP contribution is -2.19. The number of ether oxygens (including phenoxy) is 1. The van der Waals surface area contributed by atoms with E-state index in [1.807, 2.05) is 11.6 Å². The van der Waals surface area contributed by atoms with Crippen LogP contribution in [0.5, 0.6) is 0 Å². The predicted octanol–water partition coefficient (Wildman–Crippen LogP) is 2.02. The number of aromatic nitrogens is 2. The second kappa shape index (κ2) is 5.18. The highest BCUT2D eigenvalue weighted by atomic mass is 16.5. The number of methoxy groups -OCH3 is 1. The summed E-state index contributed by atoms with van der Waals surface area (Å²) in [6.45, 7) is 6.67. The van der Waals surface area contributed by atoms with Crippen LogP contribution in [0.1, 0.15) is 31.9 Å². The summed E-state index contributed by atoms with van der Waals surface area (Å²) in [6.07, 6.45) is 3.68. The number of nitrogens with zero attached hydrogens (tertiary/aromatic N) is 2. The van der Waals surface area contributed by atoms with Crippen LogP contribution in [0, 0.1) is 12.3 Å². The fraction of sp³-hybridized carbons (Fsp3) is 0.769. The average Bonchev–Trinajstić information content (AvgIpc) is 3.09. The predicted molar refractivity (Wildman–Crippen MR) is 73.7 cm³/mol. The molecule has 3 N–H and O–H groups in total.